The van der Waals surface area contributed by atoms with E-state index in [0.717, 1.165) is 11.3 Å². The van der Waals surface area contributed by atoms with Crippen molar-refractivity contribution >= 4 is 52.2 Å². The summed E-state index contributed by atoms with van der Waals surface area (Å²) in [5.74, 6) is 1.09. The van der Waals surface area contributed by atoms with E-state index in [1.165, 1.54) is 23.1 Å². The van der Waals surface area contributed by atoms with E-state index in [0.29, 0.717) is 33.3 Å². The van der Waals surface area contributed by atoms with Gasteiger partial charge in [-0.2, -0.15) is 0 Å². The molecule has 2 heterocycles. The fourth-order valence-corrected chi connectivity index (χ4v) is 4.62. The van der Waals surface area contributed by atoms with Crippen molar-refractivity contribution in [3.63, 3.8) is 0 Å². The summed E-state index contributed by atoms with van der Waals surface area (Å²) >= 11 is 15.2. The minimum atomic E-state index is -0.0336. The van der Waals surface area contributed by atoms with Crippen LogP contribution >= 0.6 is 46.3 Å². The Balaban J connectivity index is 1.65. The van der Waals surface area contributed by atoms with Crippen molar-refractivity contribution < 1.29 is 9.21 Å². The first kappa shape index (κ1) is 20.2. The number of hydrogen-bond acceptors (Lipinski definition) is 6. The van der Waals surface area contributed by atoms with E-state index in [4.69, 9.17) is 27.6 Å². The van der Waals surface area contributed by atoms with Crippen LogP contribution in [0.15, 0.2) is 45.0 Å². The van der Waals surface area contributed by atoms with Crippen molar-refractivity contribution in [2.45, 2.75) is 24.8 Å². The number of rotatable bonds is 8. The van der Waals surface area contributed by atoms with Gasteiger partial charge < -0.3 is 9.32 Å². The lowest BCUT2D eigenvalue weighted by Crippen LogP contribution is -2.32. The van der Waals surface area contributed by atoms with Crippen molar-refractivity contribution in [3.05, 3.63) is 51.6 Å². The zero-order valence-corrected chi connectivity index (χ0v) is 17.7. The van der Waals surface area contributed by atoms with Gasteiger partial charge in [-0.25, -0.2) is 0 Å². The van der Waals surface area contributed by atoms with Gasteiger partial charge in [-0.05, 0) is 30.0 Å². The molecule has 0 atom stereocenters. The second kappa shape index (κ2) is 9.59. The number of aromatic nitrogens is 2. The molecule has 142 valence electrons. The quantitative estimate of drug-likeness (QED) is 0.423. The van der Waals surface area contributed by atoms with E-state index in [1.807, 2.05) is 24.4 Å². The molecule has 0 aliphatic heterocycles. The molecular formula is C18H17Cl2N3O2S2. The lowest BCUT2D eigenvalue weighted by molar-refractivity contribution is -0.129. The smallest absolute Gasteiger partial charge is 0.257 e. The fraction of sp³-hybridized carbons (Fsp3) is 0.278. The molecule has 0 unspecified atom stereocenters. The van der Waals surface area contributed by atoms with Crippen LogP contribution in [0.5, 0.6) is 0 Å². The van der Waals surface area contributed by atoms with Crippen LogP contribution in [0.4, 0.5) is 0 Å². The Morgan fingerprint density at radius 2 is 2.00 bits per heavy atom. The first-order chi connectivity index (χ1) is 13.1. The van der Waals surface area contributed by atoms with Gasteiger partial charge in [-0.1, -0.05) is 42.3 Å². The molecule has 3 rings (SSSR count). The molecule has 0 N–H and O–H groups in total. The lowest BCUT2D eigenvalue weighted by atomic mass is 10.4. The van der Waals surface area contributed by atoms with E-state index >= 15 is 0 Å². The maximum atomic E-state index is 12.7. The number of thiophene rings is 1. The molecule has 27 heavy (non-hydrogen) atoms. The first-order valence-corrected chi connectivity index (χ1v) is 10.9. The molecule has 0 bridgehead atoms. The van der Waals surface area contributed by atoms with Gasteiger partial charge in [0.2, 0.25) is 11.8 Å². The van der Waals surface area contributed by atoms with Crippen LogP contribution in [0.25, 0.3) is 10.8 Å². The molecule has 0 saturated carbocycles. The summed E-state index contributed by atoms with van der Waals surface area (Å²) in [4.78, 5) is 16.0. The number of nitrogens with zero attached hydrogens (tertiary/aromatic N) is 3. The normalized spacial score (nSPS) is 10.9. The van der Waals surface area contributed by atoms with Crippen molar-refractivity contribution in [2.75, 3.05) is 12.3 Å². The zero-order chi connectivity index (χ0) is 19.2. The molecule has 0 spiro atoms. The third-order valence-corrected chi connectivity index (χ3v) is 6.46. The number of carbonyl (C=O) groups excluding carboxylic acids is 1. The van der Waals surface area contributed by atoms with E-state index in [-0.39, 0.29) is 18.2 Å². The zero-order valence-electron chi connectivity index (χ0n) is 14.5. The number of amides is 1. The third-order valence-electron chi connectivity index (χ3n) is 3.63. The monoisotopic (exact) mass is 441 g/mol. The minimum Gasteiger partial charge on any atom is -0.418 e. The van der Waals surface area contributed by atoms with E-state index in [1.54, 1.807) is 23.1 Å². The van der Waals surface area contributed by atoms with Gasteiger partial charge in [0.05, 0.1) is 27.2 Å². The predicted octanol–water partition coefficient (Wildman–Crippen LogP) is 5.64. The van der Waals surface area contributed by atoms with Crippen LogP contribution < -0.4 is 0 Å². The van der Waals surface area contributed by atoms with Crippen LogP contribution in [0.2, 0.25) is 10.0 Å². The van der Waals surface area contributed by atoms with Crippen LogP contribution in [0, 0.1) is 0 Å². The highest BCUT2D eigenvalue weighted by Crippen LogP contribution is 2.34. The molecular weight excluding hydrogens is 425 g/mol. The summed E-state index contributed by atoms with van der Waals surface area (Å²) in [5.41, 5.74) is 0. The molecule has 3 aromatic rings. The molecule has 1 amide bonds. The fourth-order valence-electron chi connectivity index (χ4n) is 2.39. The molecule has 0 fully saturated rings. The second-order valence-electron chi connectivity index (χ2n) is 5.63. The van der Waals surface area contributed by atoms with Gasteiger partial charge in [0.25, 0.3) is 5.89 Å². The van der Waals surface area contributed by atoms with Gasteiger partial charge >= 0.3 is 0 Å². The Morgan fingerprint density at radius 3 is 2.67 bits per heavy atom. The summed E-state index contributed by atoms with van der Waals surface area (Å²) < 4.78 is 5.70. The van der Waals surface area contributed by atoms with Crippen LogP contribution in [0.1, 0.15) is 19.2 Å². The maximum Gasteiger partial charge on any atom is 0.257 e. The molecule has 1 aromatic carbocycles. The van der Waals surface area contributed by atoms with Crippen molar-refractivity contribution in [1.82, 2.24) is 15.1 Å². The number of thioether (sulfide) groups is 1. The Hall–Kier alpha value is -1.54. The number of hydrogen-bond donors (Lipinski definition) is 0. The minimum absolute atomic E-state index is 0.0336. The SMILES string of the molecule is CCCN(Cc1nnc(-c2cccs2)o1)C(=O)CSc1c(Cl)cccc1Cl. The van der Waals surface area contributed by atoms with E-state index in [9.17, 15) is 4.79 Å². The van der Waals surface area contributed by atoms with Crippen LogP contribution in [0.3, 0.4) is 0 Å². The molecule has 0 aliphatic rings. The summed E-state index contributed by atoms with van der Waals surface area (Å²) in [6.07, 6.45) is 0.829. The highest BCUT2D eigenvalue weighted by molar-refractivity contribution is 8.00. The van der Waals surface area contributed by atoms with Crippen molar-refractivity contribution in [1.29, 1.82) is 0 Å². The second-order valence-corrected chi connectivity index (χ2v) is 8.38. The van der Waals surface area contributed by atoms with Crippen molar-refractivity contribution in [3.8, 4) is 10.8 Å². The van der Waals surface area contributed by atoms with Crippen LogP contribution in [-0.4, -0.2) is 33.3 Å². The van der Waals surface area contributed by atoms with Crippen molar-refractivity contribution in [2.24, 2.45) is 0 Å². The number of halogens is 2. The van der Waals surface area contributed by atoms with Gasteiger partial charge in [-0.15, -0.1) is 33.3 Å². The van der Waals surface area contributed by atoms with Gasteiger partial charge in [-0.3, -0.25) is 4.79 Å². The molecule has 5 nitrogen and oxygen atoms in total. The van der Waals surface area contributed by atoms with Gasteiger partial charge in [0.15, 0.2) is 0 Å². The Kier molecular flexibility index (Phi) is 7.18. The van der Waals surface area contributed by atoms with Gasteiger partial charge in [0.1, 0.15) is 0 Å². The number of benzene rings is 1. The standard InChI is InChI=1S/C18H17Cl2N3O2S2/c1-2-8-23(10-15-21-22-18(25-15)14-7-4-9-26-14)16(24)11-27-17-12(19)5-3-6-13(17)20/h3-7,9H,2,8,10-11H2,1H3. The summed E-state index contributed by atoms with van der Waals surface area (Å²) in [5, 5.41) is 11.2. The average Bonchev–Trinajstić information content (AvgIpc) is 3.32. The average molecular weight is 442 g/mol. The summed E-state index contributed by atoms with van der Waals surface area (Å²) in [7, 11) is 0. The Morgan fingerprint density at radius 1 is 1.22 bits per heavy atom. The third kappa shape index (κ3) is 5.25. The lowest BCUT2D eigenvalue weighted by Gasteiger charge is -2.20. The summed E-state index contributed by atoms with van der Waals surface area (Å²) in [6, 6.07) is 9.14. The van der Waals surface area contributed by atoms with E-state index < -0.39 is 0 Å². The predicted molar refractivity (Wildman–Crippen MR) is 111 cm³/mol. The largest absolute Gasteiger partial charge is 0.418 e. The molecule has 9 heteroatoms. The maximum absolute atomic E-state index is 12.7. The molecule has 2 aromatic heterocycles. The number of carbonyl (C=O) groups is 1. The molecule has 0 aliphatic carbocycles. The first-order valence-electron chi connectivity index (χ1n) is 8.29. The highest BCUT2D eigenvalue weighted by Gasteiger charge is 2.19. The van der Waals surface area contributed by atoms with Crippen LogP contribution in [-0.2, 0) is 11.3 Å². The topological polar surface area (TPSA) is 59.2 Å². The van der Waals surface area contributed by atoms with Gasteiger partial charge in [0, 0.05) is 11.4 Å². The van der Waals surface area contributed by atoms with E-state index in [2.05, 4.69) is 10.2 Å². The highest BCUT2D eigenvalue weighted by atomic mass is 35.5. The molecule has 0 saturated heterocycles. The summed E-state index contributed by atoms with van der Waals surface area (Å²) in [6.45, 7) is 2.90. The Labute approximate surface area is 175 Å². The molecule has 0 radical (unpaired) electrons. The Bertz CT molecular complexity index is 880.